The summed E-state index contributed by atoms with van der Waals surface area (Å²) in [5, 5.41) is 2.77. The van der Waals surface area contributed by atoms with E-state index in [1.807, 2.05) is 30.3 Å². The number of nitrogens with two attached hydrogens (primary N) is 1. The SMILES string of the molecule is COCCNS(=O)(=O)c1ccc(C)c(C(=O)NCC(N)c2ccccc2)c1. The van der Waals surface area contributed by atoms with E-state index in [0.717, 1.165) is 5.56 Å². The monoisotopic (exact) mass is 391 g/mol. The van der Waals surface area contributed by atoms with Gasteiger partial charge < -0.3 is 15.8 Å². The number of carbonyl (C=O) groups is 1. The number of carbonyl (C=O) groups excluding carboxylic acids is 1. The van der Waals surface area contributed by atoms with Crippen molar-refractivity contribution in [2.75, 3.05) is 26.8 Å². The third kappa shape index (κ3) is 5.86. The molecule has 2 aromatic carbocycles. The summed E-state index contributed by atoms with van der Waals surface area (Å²) in [7, 11) is -2.23. The lowest BCUT2D eigenvalue weighted by atomic mass is 10.1. The molecule has 7 nitrogen and oxygen atoms in total. The molecule has 8 heteroatoms. The summed E-state index contributed by atoms with van der Waals surface area (Å²) in [6.45, 7) is 2.40. The van der Waals surface area contributed by atoms with Crippen molar-refractivity contribution in [3.8, 4) is 0 Å². The van der Waals surface area contributed by atoms with Crippen molar-refractivity contribution in [1.29, 1.82) is 0 Å². The predicted molar refractivity (Wildman–Crippen MR) is 104 cm³/mol. The summed E-state index contributed by atoms with van der Waals surface area (Å²) in [6.07, 6.45) is 0. The molecule has 2 rings (SSSR count). The van der Waals surface area contributed by atoms with Crippen LogP contribution in [0.4, 0.5) is 0 Å². The summed E-state index contributed by atoms with van der Waals surface area (Å²) >= 11 is 0. The normalized spacial score (nSPS) is 12.6. The van der Waals surface area contributed by atoms with E-state index >= 15 is 0 Å². The Morgan fingerprint density at radius 2 is 1.89 bits per heavy atom. The first-order valence-corrected chi connectivity index (χ1v) is 10.0. The van der Waals surface area contributed by atoms with Crippen LogP contribution in [0.3, 0.4) is 0 Å². The molecule has 1 atom stereocenters. The second-order valence-corrected chi connectivity index (χ2v) is 7.86. The van der Waals surface area contributed by atoms with Crippen molar-refractivity contribution in [3.05, 3.63) is 65.2 Å². The molecule has 0 aromatic heterocycles. The highest BCUT2D eigenvalue weighted by molar-refractivity contribution is 7.89. The summed E-state index contributed by atoms with van der Waals surface area (Å²) in [5.41, 5.74) is 7.98. The van der Waals surface area contributed by atoms with Gasteiger partial charge in [-0.15, -0.1) is 0 Å². The van der Waals surface area contributed by atoms with Crippen LogP contribution in [0.5, 0.6) is 0 Å². The maximum atomic E-state index is 12.5. The number of benzene rings is 2. The lowest BCUT2D eigenvalue weighted by molar-refractivity contribution is 0.0950. The Morgan fingerprint density at radius 1 is 1.19 bits per heavy atom. The highest BCUT2D eigenvalue weighted by Crippen LogP contribution is 2.16. The Hall–Kier alpha value is -2.26. The first-order chi connectivity index (χ1) is 12.8. The molecule has 0 spiro atoms. The number of ether oxygens (including phenoxy) is 1. The molecule has 4 N–H and O–H groups in total. The molecule has 0 saturated carbocycles. The summed E-state index contributed by atoms with van der Waals surface area (Å²) < 4.78 is 31.9. The molecule has 0 bridgehead atoms. The third-order valence-corrected chi connectivity index (χ3v) is 5.53. The van der Waals surface area contributed by atoms with E-state index in [1.165, 1.54) is 19.2 Å². The van der Waals surface area contributed by atoms with Crippen LogP contribution in [0.15, 0.2) is 53.4 Å². The molecule has 0 saturated heterocycles. The average molecular weight is 391 g/mol. The molecule has 1 unspecified atom stereocenters. The van der Waals surface area contributed by atoms with E-state index in [1.54, 1.807) is 13.0 Å². The zero-order chi connectivity index (χ0) is 19.9. The number of sulfonamides is 1. The van der Waals surface area contributed by atoms with Crippen molar-refractivity contribution >= 4 is 15.9 Å². The fourth-order valence-electron chi connectivity index (χ4n) is 2.49. The second-order valence-electron chi connectivity index (χ2n) is 6.09. The summed E-state index contributed by atoms with van der Waals surface area (Å²) in [6, 6.07) is 13.5. The van der Waals surface area contributed by atoms with E-state index in [9.17, 15) is 13.2 Å². The number of methoxy groups -OCH3 is 1. The molecule has 0 aliphatic carbocycles. The maximum absolute atomic E-state index is 12.5. The largest absolute Gasteiger partial charge is 0.383 e. The highest BCUT2D eigenvalue weighted by atomic mass is 32.2. The Balaban J connectivity index is 2.09. The fraction of sp³-hybridized carbons (Fsp3) is 0.316. The molecule has 146 valence electrons. The Kier molecular flexibility index (Phi) is 7.49. The Labute approximate surface area is 160 Å². The lowest BCUT2D eigenvalue weighted by Gasteiger charge is -2.15. The van der Waals surface area contributed by atoms with Gasteiger partial charge in [0.25, 0.3) is 5.91 Å². The summed E-state index contributed by atoms with van der Waals surface area (Å²) in [5.74, 6) is -0.368. The minimum atomic E-state index is -3.71. The van der Waals surface area contributed by atoms with Crippen molar-refractivity contribution in [3.63, 3.8) is 0 Å². The average Bonchev–Trinajstić information content (AvgIpc) is 2.66. The van der Waals surface area contributed by atoms with Crippen LogP contribution >= 0.6 is 0 Å². The van der Waals surface area contributed by atoms with Gasteiger partial charge in [0.2, 0.25) is 10.0 Å². The lowest BCUT2D eigenvalue weighted by Crippen LogP contribution is -2.32. The van der Waals surface area contributed by atoms with Gasteiger partial charge in [0.1, 0.15) is 0 Å². The molecule has 1 amide bonds. The number of nitrogens with one attached hydrogen (secondary N) is 2. The van der Waals surface area contributed by atoms with Crippen molar-refractivity contribution in [2.24, 2.45) is 5.73 Å². The standard InChI is InChI=1S/C19H25N3O4S/c1-14-8-9-16(27(24,25)22-10-11-26-2)12-17(14)19(23)21-13-18(20)15-6-4-3-5-7-15/h3-9,12,18,22H,10-11,13,20H2,1-2H3,(H,21,23). The predicted octanol–water partition coefficient (Wildman–Crippen LogP) is 1.35. The van der Waals surface area contributed by atoms with E-state index < -0.39 is 10.0 Å². The molecule has 27 heavy (non-hydrogen) atoms. The van der Waals surface area contributed by atoms with Crippen LogP contribution < -0.4 is 15.8 Å². The van der Waals surface area contributed by atoms with Crippen molar-refractivity contribution in [1.82, 2.24) is 10.0 Å². The molecular formula is C19H25N3O4S. The van der Waals surface area contributed by atoms with Gasteiger partial charge >= 0.3 is 0 Å². The van der Waals surface area contributed by atoms with Crippen LogP contribution in [0.25, 0.3) is 0 Å². The maximum Gasteiger partial charge on any atom is 0.251 e. The van der Waals surface area contributed by atoms with Gasteiger partial charge in [0, 0.05) is 31.8 Å². The molecule has 2 aromatic rings. The van der Waals surface area contributed by atoms with Gasteiger partial charge in [-0.25, -0.2) is 13.1 Å². The number of rotatable bonds is 9. The molecular weight excluding hydrogens is 366 g/mol. The second kappa shape index (κ2) is 9.61. The number of hydrogen-bond donors (Lipinski definition) is 3. The van der Waals surface area contributed by atoms with Crippen LogP contribution in [0.1, 0.15) is 27.5 Å². The van der Waals surface area contributed by atoms with Crippen molar-refractivity contribution in [2.45, 2.75) is 17.9 Å². The van der Waals surface area contributed by atoms with E-state index in [-0.39, 0.29) is 36.5 Å². The Bertz CT molecular complexity index is 870. The van der Waals surface area contributed by atoms with E-state index in [4.69, 9.17) is 10.5 Å². The molecule has 0 aliphatic rings. The molecule has 0 aliphatic heterocycles. The minimum absolute atomic E-state index is 0.0294. The van der Waals surface area contributed by atoms with Gasteiger partial charge in [-0.2, -0.15) is 0 Å². The third-order valence-electron chi connectivity index (χ3n) is 4.07. The quantitative estimate of drug-likeness (QED) is 0.559. The van der Waals surface area contributed by atoms with Crippen LogP contribution in [0, 0.1) is 6.92 Å². The Morgan fingerprint density at radius 3 is 2.56 bits per heavy atom. The number of amides is 1. The van der Waals surface area contributed by atoms with Crippen LogP contribution in [-0.4, -0.2) is 41.1 Å². The highest BCUT2D eigenvalue weighted by Gasteiger charge is 2.18. The van der Waals surface area contributed by atoms with Gasteiger partial charge in [0.05, 0.1) is 11.5 Å². The minimum Gasteiger partial charge on any atom is -0.383 e. The molecule has 0 heterocycles. The first-order valence-electron chi connectivity index (χ1n) is 8.53. The smallest absolute Gasteiger partial charge is 0.251 e. The van der Waals surface area contributed by atoms with Crippen LogP contribution in [0.2, 0.25) is 0 Å². The first kappa shape index (κ1) is 21.0. The van der Waals surface area contributed by atoms with Gasteiger partial charge in [-0.3, -0.25) is 4.79 Å². The van der Waals surface area contributed by atoms with Crippen molar-refractivity contribution < 1.29 is 17.9 Å². The molecule has 0 radical (unpaired) electrons. The number of aryl methyl sites for hydroxylation is 1. The topological polar surface area (TPSA) is 111 Å². The van der Waals surface area contributed by atoms with Gasteiger partial charge in [-0.1, -0.05) is 36.4 Å². The van der Waals surface area contributed by atoms with E-state index in [2.05, 4.69) is 10.0 Å². The van der Waals surface area contributed by atoms with Crippen LogP contribution in [-0.2, 0) is 14.8 Å². The fourth-order valence-corrected chi connectivity index (χ4v) is 3.53. The summed E-state index contributed by atoms with van der Waals surface area (Å²) in [4.78, 5) is 12.6. The zero-order valence-electron chi connectivity index (χ0n) is 15.4. The number of hydrogen-bond acceptors (Lipinski definition) is 5. The molecule has 0 fully saturated rings. The van der Waals surface area contributed by atoms with Gasteiger partial charge in [0.15, 0.2) is 0 Å². The zero-order valence-corrected chi connectivity index (χ0v) is 16.3. The van der Waals surface area contributed by atoms with Gasteiger partial charge in [-0.05, 0) is 30.2 Å². The van der Waals surface area contributed by atoms with E-state index in [0.29, 0.717) is 11.1 Å².